The second-order valence-electron chi connectivity index (χ2n) is 3.61. The van der Waals surface area contributed by atoms with E-state index in [0.29, 0.717) is 12.2 Å². The van der Waals surface area contributed by atoms with Gasteiger partial charge in [-0.3, -0.25) is 9.78 Å². The van der Waals surface area contributed by atoms with Crippen LogP contribution < -0.4 is 11.1 Å². The molecule has 6 heteroatoms. The number of nitrogens with zero attached hydrogens (tertiary/aromatic N) is 2. The summed E-state index contributed by atoms with van der Waals surface area (Å²) in [7, 11) is 0. The largest absolute Gasteiger partial charge is 0.397 e. The molecule has 3 N–H and O–H groups in total. The normalized spacial score (nSPS) is 10.1. The first kappa shape index (κ1) is 12.3. The maximum Gasteiger partial charge on any atom is 0.254 e. The zero-order valence-corrected chi connectivity index (χ0v) is 10.2. The first-order valence-electron chi connectivity index (χ1n) is 5.26. The van der Waals surface area contributed by atoms with Crippen LogP contribution in [0.2, 0.25) is 5.15 Å². The van der Waals surface area contributed by atoms with Crippen molar-refractivity contribution < 1.29 is 4.79 Å². The van der Waals surface area contributed by atoms with Gasteiger partial charge in [0.05, 0.1) is 29.7 Å². The number of nitrogens with one attached hydrogen (secondary N) is 1. The fraction of sp³-hybridized carbons (Fsp3) is 0.0833. The molecular formula is C12H11ClN4O. The van der Waals surface area contributed by atoms with Crippen molar-refractivity contribution in [2.75, 3.05) is 5.73 Å². The Bertz CT molecular complexity index is 559. The number of rotatable bonds is 3. The van der Waals surface area contributed by atoms with Gasteiger partial charge in [0.2, 0.25) is 0 Å². The van der Waals surface area contributed by atoms with Gasteiger partial charge in [0.15, 0.2) is 0 Å². The molecule has 0 aliphatic carbocycles. The molecule has 2 rings (SSSR count). The topological polar surface area (TPSA) is 80.9 Å². The van der Waals surface area contributed by atoms with Crippen LogP contribution in [0.1, 0.15) is 16.1 Å². The molecule has 0 saturated heterocycles. The number of hydrogen-bond donors (Lipinski definition) is 2. The van der Waals surface area contributed by atoms with Crippen molar-refractivity contribution in [2.24, 2.45) is 0 Å². The molecule has 2 heterocycles. The van der Waals surface area contributed by atoms with Crippen LogP contribution in [0, 0.1) is 0 Å². The minimum absolute atomic E-state index is 0.128. The van der Waals surface area contributed by atoms with E-state index < -0.39 is 0 Å². The predicted molar refractivity (Wildman–Crippen MR) is 69.1 cm³/mol. The molecular weight excluding hydrogens is 252 g/mol. The van der Waals surface area contributed by atoms with Gasteiger partial charge >= 0.3 is 0 Å². The van der Waals surface area contributed by atoms with E-state index in [2.05, 4.69) is 15.3 Å². The third-order valence-corrected chi connectivity index (χ3v) is 2.56. The van der Waals surface area contributed by atoms with Gasteiger partial charge < -0.3 is 11.1 Å². The first-order valence-corrected chi connectivity index (χ1v) is 5.64. The Labute approximate surface area is 109 Å². The molecule has 0 unspecified atom stereocenters. The van der Waals surface area contributed by atoms with E-state index in [1.165, 1.54) is 12.3 Å². The minimum atomic E-state index is -0.328. The van der Waals surface area contributed by atoms with Crippen molar-refractivity contribution in [3.63, 3.8) is 0 Å². The first-order chi connectivity index (χ1) is 8.66. The van der Waals surface area contributed by atoms with Crippen molar-refractivity contribution in [2.45, 2.75) is 6.54 Å². The maximum atomic E-state index is 11.9. The lowest BCUT2D eigenvalue weighted by atomic mass is 10.2. The van der Waals surface area contributed by atoms with Gasteiger partial charge in [0.25, 0.3) is 5.91 Å². The highest BCUT2D eigenvalue weighted by Crippen LogP contribution is 2.15. The second kappa shape index (κ2) is 5.46. The van der Waals surface area contributed by atoms with E-state index in [-0.39, 0.29) is 16.6 Å². The molecule has 2 aromatic rings. The van der Waals surface area contributed by atoms with Gasteiger partial charge in [0.1, 0.15) is 5.15 Å². The van der Waals surface area contributed by atoms with Gasteiger partial charge in [-0.15, -0.1) is 0 Å². The molecule has 92 valence electrons. The molecule has 0 saturated carbocycles. The number of carbonyl (C=O) groups excluding carboxylic acids is 1. The number of halogens is 1. The van der Waals surface area contributed by atoms with E-state index >= 15 is 0 Å². The molecule has 0 aliphatic heterocycles. The monoisotopic (exact) mass is 262 g/mol. The van der Waals surface area contributed by atoms with Crippen LogP contribution in [0.25, 0.3) is 0 Å². The number of anilines is 1. The fourth-order valence-corrected chi connectivity index (χ4v) is 1.58. The highest BCUT2D eigenvalue weighted by molar-refractivity contribution is 6.32. The molecule has 2 aromatic heterocycles. The molecule has 0 bridgehead atoms. The highest BCUT2D eigenvalue weighted by atomic mass is 35.5. The summed E-state index contributed by atoms with van der Waals surface area (Å²) in [5.74, 6) is -0.328. The molecule has 0 radical (unpaired) electrons. The number of hydrogen-bond acceptors (Lipinski definition) is 4. The third-order valence-electron chi connectivity index (χ3n) is 2.26. The van der Waals surface area contributed by atoms with Gasteiger partial charge in [-0.25, -0.2) is 4.98 Å². The lowest BCUT2D eigenvalue weighted by Crippen LogP contribution is -2.24. The zero-order chi connectivity index (χ0) is 13.0. The van der Waals surface area contributed by atoms with Gasteiger partial charge in [-0.05, 0) is 18.2 Å². The zero-order valence-electron chi connectivity index (χ0n) is 9.43. The lowest BCUT2D eigenvalue weighted by Gasteiger charge is -2.06. The molecule has 0 aliphatic rings. The molecule has 0 aromatic carbocycles. The summed E-state index contributed by atoms with van der Waals surface area (Å²) in [5.41, 5.74) is 6.97. The smallest absolute Gasteiger partial charge is 0.254 e. The summed E-state index contributed by atoms with van der Waals surface area (Å²) in [6.07, 6.45) is 3.06. The molecule has 0 spiro atoms. The summed E-state index contributed by atoms with van der Waals surface area (Å²) in [4.78, 5) is 19.8. The van der Waals surface area contributed by atoms with Gasteiger partial charge in [-0.2, -0.15) is 0 Å². The van der Waals surface area contributed by atoms with Crippen LogP contribution in [0.15, 0.2) is 36.7 Å². The summed E-state index contributed by atoms with van der Waals surface area (Å²) in [6, 6.07) is 6.97. The van der Waals surface area contributed by atoms with Gasteiger partial charge in [-0.1, -0.05) is 17.7 Å². The number of carbonyl (C=O) groups is 1. The number of pyridine rings is 2. The molecule has 1 amide bonds. The van der Waals surface area contributed by atoms with Crippen molar-refractivity contribution in [3.05, 3.63) is 53.1 Å². The Balaban J connectivity index is 2.06. The molecule has 5 nitrogen and oxygen atoms in total. The van der Waals surface area contributed by atoms with Crippen molar-refractivity contribution in [1.82, 2.24) is 15.3 Å². The summed E-state index contributed by atoms with van der Waals surface area (Å²) < 4.78 is 0. The standard InChI is InChI=1S/C12H11ClN4O/c13-11-10(5-8(14)6-16-11)12(18)17-7-9-3-1-2-4-15-9/h1-6H,7,14H2,(H,17,18). The number of nitrogens with two attached hydrogens (primary N) is 1. The van der Waals surface area contributed by atoms with E-state index in [1.807, 2.05) is 18.2 Å². The Morgan fingerprint density at radius 3 is 2.94 bits per heavy atom. The van der Waals surface area contributed by atoms with Crippen molar-refractivity contribution in [1.29, 1.82) is 0 Å². The predicted octanol–water partition coefficient (Wildman–Crippen LogP) is 1.64. The average molecular weight is 263 g/mol. The number of amides is 1. The van der Waals surface area contributed by atoms with Crippen LogP contribution in [0.4, 0.5) is 5.69 Å². The quantitative estimate of drug-likeness (QED) is 0.824. The van der Waals surface area contributed by atoms with Crippen LogP contribution >= 0.6 is 11.6 Å². The molecule has 18 heavy (non-hydrogen) atoms. The van der Waals surface area contributed by atoms with Crippen LogP contribution in [0.3, 0.4) is 0 Å². The van der Waals surface area contributed by atoms with E-state index in [4.69, 9.17) is 17.3 Å². The van der Waals surface area contributed by atoms with Gasteiger partial charge in [0, 0.05) is 6.20 Å². The van der Waals surface area contributed by atoms with E-state index in [0.717, 1.165) is 5.69 Å². The minimum Gasteiger partial charge on any atom is -0.397 e. The van der Waals surface area contributed by atoms with Crippen LogP contribution in [-0.4, -0.2) is 15.9 Å². The van der Waals surface area contributed by atoms with E-state index in [9.17, 15) is 4.79 Å². The van der Waals surface area contributed by atoms with Crippen LogP contribution in [0.5, 0.6) is 0 Å². The second-order valence-corrected chi connectivity index (χ2v) is 3.97. The Kier molecular flexibility index (Phi) is 3.74. The number of aromatic nitrogens is 2. The maximum absolute atomic E-state index is 11.9. The highest BCUT2D eigenvalue weighted by Gasteiger charge is 2.11. The summed E-state index contributed by atoms with van der Waals surface area (Å²) >= 11 is 5.83. The Hall–Kier alpha value is -2.14. The third kappa shape index (κ3) is 2.95. The molecule has 0 fully saturated rings. The average Bonchev–Trinajstić information content (AvgIpc) is 2.40. The molecule has 0 atom stereocenters. The summed E-state index contributed by atoms with van der Waals surface area (Å²) in [6.45, 7) is 0.324. The fourth-order valence-electron chi connectivity index (χ4n) is 1.39. The Morgan fingerprint density at radius 2 is 2.22 bits per heavy atom. The van der Waals surface area contributed by atoms with E-state index in [1.54, 1.807) is 6.20 Å². The van der Waals surface area contributed by atoms with Crippen molar-refractivity contribution >= 4 is 23.2 Å². The van der Waals surface area contributed by atoms with Crippen molar-refractivity contribution in [3.8, 4) is 0 Å². The summed E-state index contributed by atoms with van der Waals surface area (Å²) in [5, 5.41) is 2.83. The Morgan fingerprint density at radius 1 is 1.39 bits per heavy atom. The number of nitrogen functional groups attached to an aromatic ring is 1. The van der Waals surface area contributed by atoms with Crippen LogP contribution in [-0.2, 0) is 6.54 Å². The lowest BCUT2D eigenvalue weighted by molar-refractivity contribution is 0.0950. The SMILES string of the molecule is Nc1cnc(Cl)c(C(=O)NCc2ccccn2)c1.